The van der Waals surface area contributed by atoms with Crippen molar-refractivity contribution in [1.82, 2.24) is 0 Å². The second-order valence-electron chi connectivity index (χ2n) is 2.74. The second-order valence-corrected chi connectivity index (χ2v) is 4.97. The molecule has 0 saturated heterocycles. The molecule has 0 heterocycles. The molecule has 1 aromatic carbocycles. The molecule has 1 rings (SSSR count). The second kappa shape index (κ2) is 5.29. The molecule has 0 aliphatic heterocycles. The Kier molecular flexibility index (Phi) is 4.52. The zero-order valence-corrected chi connectivity index (χ0v) is 9.92. The quantitative estimate of drug-likeness (QED) is 0.469. The van der Waals surface area contributed by atoms with Gasteiger partial charge in [0.15, 0.2) is 10.6 Å². The first-order valence-electron chi connectivity index (χ1n) is 3.98. The van der Waals surface area contributed by atoms with Gasteiger partial charge in [0.05, 0.1) is 0 Å². The van der Waals surface area contributed by atoms with Gasteiger partial charge in [0.2, 0.25) is 0 Å². The lowest BCUT2D eigenvalue weighted by Crippen LogP contribution is -2.07. The van der Waals surface area contributed by atoms with Crippen LogP contribution in [0.15, 0.2) is 29.2 Å². The highest BCUT2D eigenvalue weighted by Gasteiger charge is 2.29. The minimum Gasteiger partial charge on any atom is -0.291 e. The number of hydrogen-bond acceptors (Lipinski definition) is 2. The van der Waals surface area contributed by atoms with Crippen LogP contribution >= 0.6 is 35.0 Å². The fraction of sp³-hybridized carbons (Fsp3) is 0.222. The topological polar surface area (TPSA) is 17.1 Å². The summed E-state index contributed by atoms with van der Waals surface area (Å²) < 4.78 is 35.9. The van der Waals surface area contributed by atoms with Crippen molar-refractivity contribution in [1.29, 1.82) is 0 Å². The highest BCUT2D eigenvalue weighted by molar-refractivity contribution is 8.00. The Labute approximate surface area is 104 Å². The van der Waals surface area contributed by atoms with E-state index in [1.165, 1.54) is 24.3 Å². The minimum absolute atomic E-state index is 0.00439. The summed E-state index contributed by atoms with van der Waals surface area (Å²) in [6.07, 6.45) is 0. The first-order valence-corrected chi connectivity index (χ1v) is 5.67. The Balaban J connectivity index is 2.80. The number of thioether (sulfide) groups is 1. The van der Waals surface area contributed by atoms with Gasteiger partial charge in [0, 0.05) is 10.5 Å². The highest BCUT2D eigenvalue weighted by Crippen LogP contribution is 2.36. The number of Topliss-reactive ketones (excluding diaryl/α,β-unsaturated/α-hetero) is 1. The molecule has 0 aromatic heterocycles. The Bertz CT molecular complexity index is 375. The zero-order chi connectivity index (χ0) is 12.3. The van der Waals surface area contributed by atoms with Gasteiger partial charge in [-0.3, -0.25) is 4.79 Å². The Morgan fingerprint density at radius 2 is 1.69 bits per heavy atom. The fourth-order valence-corrected chi connectivity index (χ4v) is 1.74. The smallest absolute Gasteiger partial charge is 0.291 e. The summed E-state index contributed by atoms with van der Waals surface area (Å²) in [4.78, 5) is 10.0. The van der Waals surface area contributed by atoms with Crippen molar-refractivity contribution >= 4 is 40.7 Å². The zero-order valence-electron chi connectivity index (χ0n) is 7.59. The lowest BCUT2D eigenvalue weighted by molar-refractivity contribution is -0.0328. The Hall–Kier alpha value is -0.390. The van der Waals surface area contributed by atoms with Crippen LogP contribution in [-0.4, -0.2) is 16.1 Å². The number of halogens is 5. The molecule has 0 aliphatic rings. The predicted octanol–water partition coefficient (Wildman–Crippen LogP) is 4.28. The first kappa shape index (κ1) is 13.7. The van der Waals surface area contributed by atoms with Crippen molar-refractivity contribution in [2.75, 3.05) is 0 Å². The molecular weight excluding hydrogens is 284 g/mol. The number of carbonyl (C=O) groups is 1. The van der Waals surface area contributed by atoms with Gasteiger partial charge < -0.3 is 0 Å². The predicted molar refractivity (Wildman–Crippen MR) is 58.2 cm³/mol. The molecule has 1 nitrogen and oxygen atoms in total. The van der Waals surface area contributed by atoms with Crippen LogP contribution in [0.5, 0.6) is 0 Å². The molecule has 0 radical (unpaired) electrons. The van der Waals surface area contributed by atoms with Crippen LogP contribution in [0, 0.1) is 0 Å². The van der Waals surface area contributed by atoms with E-state index in [1.807, 2.05) is 0 Å². The van der Waals surface area contributed by atoms with Crippen molar-refractivity contribution in [2.45, 2.75) is 15.2 Å². The Morgan fingerprint density at radius 3 is 2.06 bits per heavy atom. The maximum Gasteiger partial charge on any atom is 0.446 e. The van der Waals surface area contributed by atoms with E-state index in [2.05, 4.69) is 0 Å². The number of hydrogen-bond donors (Lipinski definition) is 0. The summed E-state index contributed by atoms with van der Waals surface area (Å²) in [5, 5.41) is 0. The van der Waals surface area contributed by atoms with Gasteiger partial charge in [0.25, 0.3) is 0 Å². The monoisotopic (exact) mass is 288 g/mol. The summed E-state index contributed by atoms with van der Waals surface area (Å²) >= 11 is 10.4. The third kappa shape index (κ3) is 4.23. The highest BCUT2D eigenvalue weighted by atomic mass is 35.5. The third-order valence-corrected chi connectivity index (χ3v) is 2.71. The number of ketones is 1. The average molecular weight is 289 g/mol. The maximum absolute atomic E-state index is 12.0. The molecule has 0 aliphatic carbocycles. The molecule has 0 N–H and O–H groups in total. The van der Waals surface area contributed by atoms with E-state index in [9.17, 15) is 18.0 Å². The SMILES string of the molecule is O=C(c1ccc(SC(F)(F)F)cc1)C(Cl)Cl. The van der Waals surface area contributed by atoms with Gasteiger partial charge in [-0.2, -0.15) is 13.2 Å². The lowest BCUT2D eigenvalue weighted by Gasteiger charge is -2.06. The standard InChI is InChI=1S/C9H5Cl2F3OS/c10-8(11)7(15)5-1-3-6(4-2-5)16-9(12,13)14/h1-4,8H. The van der Waals surface area contributed by atoms with Crippen molar-refractivity contribution in [3.05, 3.63) is 29.8 Å². The van der Waals surface area contributed by atoms with E-state index < -0.39 is 16.1 Å². The molecule has 16 heavy (non-hydrogen) atoms. The molecule has 7 heteroatoms. The van der Waals surface area contributed by atoms with Gasteiger partial charge in [-0.15, -0.1) is 0 Å². The van der Waals surface area contributed by atoms with Crippen molar-refractivity contribution < 1.29 is 18.0 Å². The van der Waals surface area contributed by atoms with Gasteiger partial charge >= 0.3 is 5.51 Å². The number of rotatable bonds is 3. The molecule has 88 valence electrons. The number of carbonyl (C=O) groups excluding carboxylic acids is 1. The van der Waals surface area contributed by atoms with Crippen LogP contribution < -0.4 is 0 Å². The molecule has 0 amide bonds. The van der Waals surface area contributed by atoms with E-state index in [0.717, 1.165) is 0 Å². The van der Waals surface area contributed by atoms with Gasteiger partial charge in [-0.1, -0.05) is 35.3 Å². The van der Waals surface area contributed by atoms with Crippen LogP contribution in [-0.2, 0) is 0 Å². The maximum atomic E-state index is 12.0. The number of benzene rings is 1. The first-order chi connectivity index (χ1) is 7.29. The van der Waals surface area contributed by atoms with Crippen molar-refractivity contribution in [3.63, 3.8) is 0 Å². The molecule has 0 spiro atoms. The Morgan fingerprint density at radius 1 is 1.19 bits per heavy atom. The molecule has 0 fully saturated rings. The average Bonchev–Trinajstić information content (AvgIpc) is 2.15. The molecule has 0 unspecified atom stereocenters. The molecule has 0 saturated carbocycles. The van der Waals surface area contributed by atoms with Crippen LogP contribution in [0.1, 0.15) is 10.4 Å². The van der Waals surface area contributed by atoms with Gasteiger partial charge in [-0.05, 0) is 23.9 Å². The summed E-state index contributed by atoms with van der Waals surface area (Å²) in [7, 11) is 0. The van der Waals surface area contributed by atoms with E-state index in [4.69, 9.17) is 23.2 Å². The normalized spacial score (nSPS) is 11.9. The molecule has 1 aromatic rings. The molecule has 0 atom stereocenters. The molecule has 0 bridgehead atoms. The van der Waals surface area contributed by atoms with Crippen molar-refractivity contribution in [3.8, 4) is 0 Å². The van der Waals surface area contributed by atoms with Gasteiger partial charge in [0.1, 0.15) is 0 Å². The van der Waals surface area contributed by atoms with E-state index in [0.29, 0.717) is 0 Å². The van der Waals surface area contributed by atoms with Crippen molar-refractivity contribution in [2.24, 2.45) is 0 Å². The van der Waals surface area contributed by atoms with E-state index >= 15 is 0 Å². The summed E-state index contributed by atoms with van der Waals surface area (Å²) in [6.45, 7) is 0. The third-order valence-electron chi connectivity index (χ3n) is 1.57. The summed E-state index contributed by atoms with van der Waals surface area (Å²) in [6, 6.07) is 4.91. The lowest BCUT2D eigenvalue weighted by atomic mass is 10.1. The largest absolute Gasteiger partial charge is 0.446 e. The number of alkyl halides is 5. The van der Waals surface area contributed by atoms with Crippen LogP contribution in [0.3, 0.4) is 0 Å². The summed E-state index contributed by atoms with van der Waals surface area (Å²) in [5.41, 5.74) is -4.16. The summed E-state index contributed by atoms with van der Waals surface area (Å²) in [5.74, 6) is -0.535. The van der Waals surface area contributed by atoms with E-state index in [1.54, 1.807) is 0 Å². The van der Waals surface area contributed by atoms with Crippen LogP contribution in [0.25, 0.3) is 0 Å². The van der Waals surface area contributed by atoms with Crippen LogP contribution in [0.4, 0.5) is 13.2 Å². The van der Waals surface area contributed by atoms with E-state index in [-0.39, 0.29) is 22.2 Å². The fourth-order valence-electron chi connectivity index (χ4n) is 0.947. The minimum atomic E-state index is -4.34. The molecular formula is C9H5Cl2F3OS. The van der Waals surface area contributed by atoms with Crippen LogP contribution in [0.2, 0.25) is 0 Å². The van der Waals surface area contributed by atoms with Gasteiger partial charge in [-0.25, -0.2) is 0 Å².